The molecule has 0 fully saturated rings. The molecule has 4 nitrogen and oxygen atoms in total. The van der Waals surface area contributed by atoms with Crippen molar-refractivity contribution in [3.05, 3.63) is 101 Å². The van der Waals surface area contributed by atoms with Crippen LogP contribution in [-0.2, 0) is 0 Å². The zero-order chi connectivity index (χ0) is 21.9. The van der Waals surface area contributed by atoms with Gasteiger partial charge in [-0.2, -0.15) is 0 Å². The molecule has 3 aromatic carbocycles. The molecule has 0 spiro atoms. The van der Waals surface area contributed by atoms with Gasteiger partial charge < -0.3 is 5.32 Å². The van der Waals surface area contributed by atoms with Crippen LogP contribution in [0.25, 0.3) is 33.1 Å². The van der Waals surface area contributed by atoms with Crippen LogP contribution in [0.15, 0.2) is 90.3 Å². The van der Waals surface area contributed by atoms with Gasteiger partial charge in [0.25, 0.3) is 0 Å². The van der Waals surface area contributed by atoms with Crippen molar-refractivity contribution in [2.75, 3.05) is 5.32 Å². The lowest BCUT2D eigenvalue weighted by Gasteiger charge is -2.10. The van der Waals surface area contributed by atoms with Gasteiger partial charge >= 0.3 is 0 Å². The summed E-state index contributed by atoms with van der Waals surface area (Å²) in [6.07, 6.45) is 0. The van der Waals surface area contributed by atoms with Crippen molar-refractivity contribution in [2.45, 2.75) is 6.92 Å². The summed E-state index contributed by atoms with van der Waals surface area (Å²) in [5, 5.41) is 7.08. The summed E-state index contributed by atoms with van der Waals surface area (Å²) in [6.45, 7) is 1.90. The fourth-order valence-electron chi connectivity index (χ4n) is 3.46. The van der Waals surface area contributed by atoms with E-state index in [0.717, 1.165) is 44.6 Å². The standard InChI is InChI=1S/C26H19ClN4S/c1-17-28-23(18-8-3-2-4-9-18)15-25(29-17)30-20-11-7-10-19(14-20)24-16-32-26(31-24)21-12-5-6-13-22(21)27/h2-16H,1H3,(H,28,29,30). The van der Waals surface area contributed by atoms with Crippen molar-refractivity contribution in [2.24, 2.45) is 0 Å². The number of nitrogens with one attached hydrogen (secondary N) is 1. The molecule has 0 aliphatic rings. The second-order valence-electron chi connectivity index (χ2n) is 7.28. The van der Waals surface area contributed by atoms with Crippen LogP contribution in [0, 0.1) is 6.92 Å². The Hall–Kier alpha value is -3.54. The fraction of sp³-hybridized carbons (Fsp3) is 0.0385. The van der Waals surface area contributed by atoms with E-state index in [9.17, 15) is 0 Å². The second kappa shape index (κ2) is 8.91. The number of aryl methyl sites for hydroxylation is 1. The summed E-state index contributed by atoms with van der Waals surface area (Å²) in [7, 11) is 0. The highest BCUT2D eigenvalue weighted by Crippen LogP contribution is 2.34. The van der Waals surface area contributed by atoms with Gasteiger partial charge in [0.2, 0.25) is 0 Å². The van der Waals surface area contributed by atoms with Gasteiger partial charge in [-0.05, 0) is 25.1 Å². The minimum absolute atomic E-state index is 0.706. The number of aromatic nitrogens is 3. The predicted octanol–water partition coefficient (Wildman–Crippen LogP) is 7.64. The third kappa shape index (κ3) is 4.40. The van der Waals surface area contributed by atoms with Crippen LogP contribution in [0.3, 0.4) is 0 Å². The molecular formula is C26H19ClN4S. The molecule has 5 rings (SSSR count). The Bertz CT molecular complexity index is 1380. The average Bonchev–Trinajstić information content (AvgIpc) is 3.30. The van der Waals surface area contributed by atoms with Gasteiger partial charge in [-0.1, -0.05) is 72.3 Å². The Morgan fingerprint density at radius 1 is 0.750 bits per heavy atom. The second-order valence-corrected chi connectivity index (χ2v) is 8.54. The van der Waals surface area contributed by atoms with Gasteiger partial charge in [-0.3, -0.25) is 0 Å². The number of halogens is 1. The molecule has 0 atom stereocenters. The maximum atomic E-state index is 6.34. The van der Waals surface area contributed by atoms with Crippen LogP contribution in [0.2, 0.25) is 5.02 Å². The number of nitrogens with zero attached hydrogens (tertiary/aromatic N) is 3. The first kappa shape index (κ1) is 20.4. The predicted molar refractivity (Wildman–Crippen MR) is 133 cm³/mol. The van der Waals surface area contributed by atoms with E-state index in [0.29, 0.717) is 10.8 Å². The van der Waals surface area contributed by atoms with Gasteiger partial charge in [-0.15, -0.1) is 11.3 Å². The molecule has 0 saturated heterocycles. The zero-order valence-corrected chi connectivity index (χ0v) is 18.9. The van der Waals surface area contributed by atoms with Gasteiger partial charge in [0.15, 0.2) is 0 Å². The molecule has 0 bridgehead atoms. The van der Waals surface area contributed by atoms with E-state index in [1.165, 1.54) is 0 Å². The quantitative estimate of drug-likeness (QED) is 0.296. The Morgan fingerprint density at radius 2 is 1.53 bits per heavy atom. The Morgan fingerprint density at radius 3 is 2.38 bits per heavy atom. The summed E-state index contributed by atoms with van der Waals surface area (Å²) in [5.41, 5.74) is 5.78. The lowest BCUT2D eigenvalue weighted by atomic mass is 10.1. The maximum absolute atomic E-state index is 6.34. The summed E-state index contributed by atoms with van der Waals surface area (Å²) in [5.74, 6) is 1.47. The molecule has 32 heavy (non-hydrogen) atoms. The SMILES string of the molecule is Cc1nc(Nc2cccc(-c3csc(-c4ccccc4Cl)n3)c2)cc(-c2ccccc2)n1. The first-order chi connectivity index (χ1) is 15.7. The molecule has 0 aliphatic heterocycles. The first-order valence-corrected chi connectivity index (χ1v) is 11.4. The van der Waals surface area contributed by atoms with E-state index in [-0.39, 0.29) is 0 Å². The van der Waals surface area contributed by atoms with E-state index in [2.05, 4.69) is 32.8 Å². The first-order valence-electron chi connectivity index (χ1n) is 10.1. The molecule has 2 heterocycles. The van der Waals surface area contributed by atoms with Crippen LogP contribution in [0.4, 0.5) is 11.5 Å². The van der Waals surface area contributed by atoms with Crippen molar-refractivity contribution in [3.63, 3.8) is 0 Å². The normalized spacial score (nSPS) is 10.8. The molecule has 0 unspecified atom stereocenters. The number of thiazole rings is 1. The summed E-state index contributed by atoms with van der Waals surface area (Å²) in [4.78, 5) is 13.9. The zero-order valence-electron chi connectivity index (χ0n) is 17.3. The van der Waals surface area contributed by atoms with E-state index in [1.54, 1.807) is 11.3 Å². The molecular weight excluding hydrogens is 436 g/mol. The minimum atomic E-state index is 0.706. The van der Waals surface area contributed by atoms with Crippen LogP contribution < -0.4 is 5.32 Å². The lowest BCUT2D eigenvalue weighted by Crippen LogP contribution is -1.99. The molecule has 2 aromatic heterocycles. The fourth-order valence-corrected chi connectivity index (χ4v) is 4.61. The van der Waals surface area contributed by atoms with Crippen molar-refractivity contribution in [1.29, 1.82) is 0 Å². The molecule has 0 saturated carbocycles. The van der Waals surface area contributed by atoms with E-state index < -0.39 is 0 Å². The number of anilines is 2. The smallest absolute Gasteiger partial charge is 0.134 e. The average molecular weight is 455 g/mol. The number of hydrogen-bond acceptors (Lipinski definition) is 5. The molecule has 6 heteroatoms. The maximum Gasteiger partial charge on any atom is 0.134 e. The van der Waals surface area contributed by atoms with Crippen molar-refractivity contribution in [1.82, 2.24) is 15.0 Å². The summed E-state index contributed by atoms with van der Waals surface area (Å²) >= 11 is 7.93. The van der Waals surface area contributed by atoms with E-state index >= 15 is 0 Å². The Kier molecular flexibility index (Phi) is 5.67. The van der Waals surface area contributed by atoms with Gasteiger partial charge in [0.05, 0.1) is 16.4 Å². The van der Waals surface area contributed by atoms with Crippen LogP contribution in [0.1, 0.15) is 5.82 Å². The number of hydrogen-bond donors (Lipinski definition) is 1. The monoisotopic (exact) mass is 454 g/mol. The van der Waals surface area contributed by atoms with Crippen molar-refractivity contribution < 1.29 is 0 Å². The highest BCUT2D eigenvalue weighted by Gasteiger charge is 2.10. The summed E-state index contributed by atoms with van der Waals surface area (Å²) in [6, 6.07) is 28.0. The van der Waals surface area contributed by atoms with Crippen molar-refractivity contribution in [3.8, 4) is 33.1 Å². The van der Waals surface area contributed by atoms with Crippen molar-refractivity contribution >= 4 is 34.4 Å². The molecule has 156 valence electrons. The van der Waals surface area contributed by atoms with Gasteiger partial charge in [-0.25, -0.2) is 15.0 Å². The topological polar surface area (TPSA) is 50.7 Å². The number of benzene rings is 3. The minimum Gasteiger partial charge on any atom is -0.340 e. The largest absolute Gasteiger partial charge is 0.340 e. The van der Waals surface area contributed by atoms with Crippen LogP contribution in [-0.4, -0.2) is 15.0 Å². The van der Waals surface area contributed by atoms with E-state index in [1.807, 2.05) is 79.7 Å². The molecule has 1 N–H and O–H groups in total. The van der Waals surface area contributed by atoms with E-state index in [4.69, 9.17) is 16.6 Å². The molecule has 0 radical (unpaired) electrons. The van der Waals surface area contributed by atoms with Gasteiger partial charge in [0.1, 0.15) is 16.6 Å². The lowest BCUT2D eigenvalue weighted by molar-refractivity contribution is 1.06. The molecule has 0 amide bonds. The Labute approximate surface area is 195 Å². The van der Waals surface area contributed by atoms with Crippen LogP contribution in [0.5, 0.6) is 0 Å². The molecule has 0 aliphatic carbocycles. The van der Waals surface area contributed by atoms with Crippen LogP contribution >= 0.6 is 22.9 Å². The Balaban J connectivity index is 1.42. The summed E-state index contributed by atoms with van der Waals surface area (Å²) < 4.78 is 0. The van der Waals surface area contributed by atoms with Gasteiger partial charge in [0, 0.05) is 33.8 Å². The third-order valence-corrected chi connectivity index (χ3v) is 6.15. The molecule has 5 aromatic rings. The third-order valence-electron chi connectivity index (χ3n) is 4.95. The highest BCUT2D eigenvalue weighted by atomic mass is 35.5. The number of rotatable bonds is 5. The highest BCUT2D eigenvalue weighted by molar-refractivity contribution is 7.13.